The Hall–Kier alpha value is -1.64. The average Bonchev–Trinajstić information content (AvgIpc) is 2.59. The summed E-state index contributed by atoms with van der Waals surface area (Å²) >= 11 is 0. The molecule has 0 aliphatic heterocycles. The summed E-state index contributed by atoms with van der Waals surface area (Å²) < 4.78 is 2.02. The molecule has 0 atom stereocenters. The van der Waals surface area contributed by atoms with Crippen molar-refractivity contribution in [2.75, 3.05) is 0 Å². The second kappa shape index (κ2) is 4.23. The van der Waals surface area contributed by atoms with Gasteiger partial charge in [0.25, 0.3) is 0 Å². The number of rotatable bonds is 1. The highest BCUT2D eigenvalue weighted by atomic mass is 15.3. The largest absolute Gasteiger partial charge is 0.256 e. The van der Waals surface area contributed by atoms with Gasteiger partial charge in [0.2, 0.25) is 0 Å². The molecule has 0 N–H and O–H groups in total. The van der Waals surface area contributed by atoms with Gasteiger partial charge in [-0.3, -0.25) is 4.98 Å². The van der Waals surface area contributed by atoms with E-state index < -0.39 is 0 Å². The predicted octanol–water partition coefficient (Wildman–Crippen LogP) is 3.49. The van der Waals surface area contributed by atoms with Crippen LogP contribution >= 0.6 is 0 Å². The minimum Gasteiger partial charge on any atom is -0.256 e. The van der Waals surface area contributed by atoms with Crippen LogP contribution < -0.4 is 0 Å². The van der Waals surface area contributed by atoms with E-state index in [-0.39, 0.29) is 5.41 Å². The fourth-order valence-electron chi connectivity index (χ4n) is 2.12. The van der Waals surface area contributed by atoms with E-state index in [4.69, 9.17) is 0 Å². The van der Waals surface area contributed by atoms with E-state index in [1.165, 1.54) is 5.69 Å². The van der Waals surface area contributed by atoms with Gasteiger partial charge in [0.05, 0.1) is 17.1 Å². The Labute approximate surface area is 109 Å². The van der Waals surface area contributed by atoms with E-state index in [1.54, 1.807) is 0 Å². The topological polar surface area (TPSA) is 30.7 Å². The van der Waals surface area contributed by atoms with Crippen molar-refractivity contribution >= 4 is 0 Å². The molecule has 2 heterocycles. The summed E-state index contributed by atoms with van der Waals surface area (Å²) in [6, 6.07) is 6.28. The Morgan fingerprint density at radius 2 is 1.67 bits per heavy atom. The Balaban J connectivity index is 2.64. The van der Waals surface area contributed by atoms with Crippen molar-refractivity contribution in [1.29, 1.82) is 0 Å². The number of aromatic nitrogens is 3. The molecule has 0 saturated heterocycles. The van der Waals surface area contributed by atoms with Gasteiger partial charge in [-0.1, -0.05) is 20.8 Å². The van der Waals surface area contributed by atoms with Crippen LogP contribution in [0.1, 0.15) is 43.5 Å². The van der Waals surface area contributed by atoms with Crippen LogP contribution in [0.3, 0.4) is 0 Å². The van der Waals surface area contributed by atoms with Crippen molar-refractivity contribution in [1.82, 2.24) is 14.8 Å². The molecule has 3 nitrogen and oxygen atoms in total. The smallest absolute Gasteiger partial charge is 0.0861 e. The maximum absolute atomic E-state index is 4.61. The van der Waals surface area contributed by atoms with Gasteiger partial charge in [-0.05, 0) is 39.0 Å². The van der Waals surface area contributed by atoms with Crippen LogP contribution in [0.4, 0.5) is 0 Å². The van der Waals surface area contributed by atoms with Gasteiger partial charge in [-0.25, -0.2) is 4.68 Å². The van der Waals surface area contributed by atoms with Crippen LogP contribution in [0.25, 0.3) is 5.69 Å². The first-order valence-corrected chi connectivity index (χ1v) is 6.31. The minimum atomic E-state index is 0.0680. The summed E-state index contributed by atoms with van der Waals surface area (Å²) in [5, 5.41) is 4.61. The number of pyridine rings is 1. The molecule has 18 heavy (non-hydrogen) atoms. The third-order valence-electron chi connectivity index (χ3n) is 3.03. The number of aryl methyl sites for hydroxylation is 3. The highest BCUT2D eigenvalue weighted by Gasteiger charge is 2.21. The van der Waals surface area contributed by atoms with Gasteiger partial charge in [0.15, 0.2) is 0 Å². The van der Waals surface area contributed by atoms with Crippen molar-refractivity contribution in [3.63, 3.8) is 0 Å². The Morgan fingerprint density at radius 3 is 2.22 bits per heavy atom. The molecule has 2 rings (SSSR count). The quantitative estimate of drug-likeness (QED) is 0.767. The number of nitrogens with zero attached hydrogens (tertiary/aromatic N) is 3. The molecular weight excluding hydrogens is 222 g/mol. The fraction of sp³-hybridized carbons (Fsp3) is 0.467. The summed E-state index contributed by atoms with van der Waals surface area (Å²) in [6.45, 7) is 12.7. The van der Waals surface area contributed by atoms with E-state index in [0.29, 0.717) is 0 Å². The summed E-state index contributed by atoms with van der Waals surface area (Å²) in [5.41, 5.74) is 5.45. The molecule has 0 radical (unpaired) electrons. The van der Waals surface area contributed by atoms with Crippen molar-refractivity contribution < 1.29 is 0 Å². The monoisotopic (exact) mass is 243 g/mol. The molecule has 2 aromatic heterocycles. The SMILES string of the molecule is Cc1ccc(-n2nc(C)cc2C(C)(C)C)c(C)n1. The van der Waals surface area contributed by atoms with Crippen molar-refractivity contribution in [2.45, 2.75) is 47.0 Å². The first-order valence-electron chi connectivity index (χ1n) is 6.31. The standard InChI is InChI=1S/C15H21N3/c1-10-7-8-13(12(3)16-10)18-14(15(4,5)6)9-11(2)17-18/h7-9H,1-6H3. The second-order valence-electron chi connectivity index (χ2n) is 5.89. The van der Waals surface area contributed by atoms with Crippen LogP contribution in [0.15, 0.2) is 18.2 Å². The Morgan fingerprint density at radius 1 is 1.00 bits per heavy atom. The molecule has 0 bridgehead atoms. The molecule has 0 aromatic carbocycles. The van der Waals surface area contributed by atoms with Crippen LogP contribution in [0.2, 0.25) is 0 Å². The van der Waals surface area contributed by atoms with Gasteiger partial charge in [0, 0.05) is 16.8 Å². The number of hydrogen-bond acceptors (Lipinski definition) is 2. The third-order valence-corrected chi connectivity index (χ3v) is 3.03. The highest BCUT2D eigenvalue weighted by Crippen LogP contribution is 2.26. The van der Waals surface area contributed by atoms with Crippen LogP contribution in [-0.4, -0.2) is 14.8 Å². The normalized spacial score (nSPS) is 11.9. The molecule has 0 aliphatic rings. The van der Waals surface area contributed by atoms with Gasteiger partial charge < -0.3 is 0 Å². The second-order valence-corrected chi connectivity index (χ2v) is 5.89. The lowest BCUT2D eigenvalue weighted by Crippen LogP contribution is -2.18. The Kier molecular flexibility index (Phi) is 3.01. The minimum absolute atomic E-state index is 0.0680. The summed E-state index contributed by atoms with van der Waals surface area (Å²) in [7, 11) is 0. The van der Waals surface area contributed by atoms with Crippen molar-refractivity contribution in [2.24, 2.45) is 0 Å². The molecule has 0 spiro atoms. The molecule has 2 aromatic rings. The van der Waals surface area contributed by atoms with Gasteiger partial charge in [-0.15, -0.1) is 0 Å². The zero-order chi connectivity index (χ0) is 13.5. The van der Waals surface area contributed by atoms with E-state index >= 15 is 0 Å². The van der Waals surface area contributed by atoms with Crippen LogP contribution in [-0.2, 0) is 5.41 Å². The van der Waals surface area contributed by atoms with E-state index in [1.807, 2.05) is 31.5 Å². The van der Waals surface area contributed by atoms with Gasteiger partial charge >= 0.3 is 0 Å². The summed E-state index contributed by atoms with van der Waals surface area (Å²) in [4.78, 5) is 4.52. The molecule has 0 aliphatic carbocycles. The first kappa shape index (κ1) is 12.8. The summed E-state index contributed by atoms with van der Waals surface area (Å²) in [5.74, 6) is 0. The maximum atomic E-state index is 4.61. The van der Waals surface area contributed by atoms with Crippen molar-refractivity contribution in [3.05, 3.63) is 41.0 Å². The van der Waals surface area contributed by atoms with Crippen molar-refractivity contribution in [3.8, 4) is 5.69 Å². The maximum Gasteiger partial charge on any atom is 0.0861 e. The zero-order valence-corrected chi connectivity index (χ0v) is 12.1. The zero-order valence-electron chi connectivity index (χ0n) is 12.1. The van der Waals surface area contributed by atoms with Crippen LogP contribution in [0, 0.1) is 20.8 Å². The van der Waals surface area contributed by atoms with E-state index in [0.717, 1.165) is 22.8 Å². The van der Waals surface area contributed by atoms with Gasteiger partial charge in [-0.2, -0.15) is 5.10 Å². The lowest BCUT2D eigenvalue weighted by atomic mass is 9.91. The lowest BCUT2D eigenvalue weighted by Gasteiger charge is -2.20. The number of hydrogen-bond donors (Lipinski definition) is 0. The molecule has 0 unspecified atom stereocenters. The predicted molar refractivity (Wildman–Crippen MR) is 74.3 cm³/mol. The van der Waals surface area contributed by atoms with E-state index in [2.05, 4.69) is 43.0 Å². The Bertz CT molecular complexity index is 574. The molecule has 0 saturated carbocycles. The van der Waals surface area contributed by atoms with Gasteiger partial charge in [0.1, 0.15) is 0 Å². The molecule has 0 amide bonds. The third kappa shape index (κ3) is 2.30. The fourth-order valence-corrected chi connectivity index (χ4v) is 2.12. The average molecular weight is 243 g/mol. The molecule has 0 fully saturated rings. The molecular formula is C15H21N3. The van der Waals surface area contributed by atoms with Crippen LogP contribution in [0.5, 0.6) is 0 Å². The molecule has 3 heteroatoms. The summed E-state index contributed by atoms with van der Waals surface area (Å²) in [6.07, 6.45) is 0. The first-order chi connectivity index (χ1) is 8.29. The molecule has 96 valence electrons. The lowest BCUT2D eigenvalue weighted by molar-refractivity contribution is 0.542. The van der Waals surface area contributed by atoms with E-state index in [9.17, 15) is 0 Å². The highest BCUT2D eigenvalue weighted by molar-refractivity contribution is 5.39.